The van der Waals surface area contributed by atoms with Gasteiger partial charge in [0.2, 0.25) is 0 Å². The molecule has 0 saturated heterocycles. The summed E-state index contributed by atoms with van der Waals surface area (Å²) in [7, 11) is 0. The first-order valence-electron chi connectivity index (χ1n) is 4.34. The highest BCUT2D eigenvalue weighted by molar-refractivity contribution is 5.94. The minimum absolute atomic E-state index is 0.126. The van der Waals surface area contributed by atoms with Gasteiger partial charge in [-0.1, -0.05) is 26.2 Å². The van der Waals surface area contributed by atoms with E-state index in [0.717, 1.165) is 11.3 Å². The lowest BCUT2D eigenvalue weighted by Gasteiger charge is -2.09. The van der Waals surface area contributed by atoms with E-state index in [-0.39, 0.29) is 5.91 Å². The molecular formula is C11H17NO. The molecule has 0 spiro atoms. The summed E-state index contributed by atoms with van der Waals surface area (Å²) < 4.78 is 0. The van der Waals surface area contributed by atoms with Crippen LogP contribution in [-0.2, 0) is 4.79 Å². The summed E-state index contributed by atoms with van der Waals surface area (Å²) in [6.45, 7) is 13.0. The lowest BCUT2D eigenvalue weighted by Crippen LogP contribution is -2.24. The maximum absolute atomic E-state index is 11.4. The molecule has 0 atom stereocenters. The minimum Gasteiger partial charge on any atom is -0.322 e. The summed E-state index contributed by atoms with van der Waals surface area (Å²) in [6.07, 6.45) is 2.49. The van der Waals surface area contributed by atoms with Crippen LogP contribution in [0.15, 0.2) is 36.1 Å². The Morgan fingerprint density at radius 1 is 1.46 bits per heavy atom. The fourth-order valence-corrected chi connectivity index (χ4v) is 0.797. The molecule has 0 aromatic heterocycles. The molecule has 0 rings (SSSR count). The Kier molecular flexibility index (Phi) is 4.82. The number of carbonyl (C=O) groups is 1. The summed E-state index contributed by atoms with van der Waals surface area (Å²) in [5.74, 6) is -0.126. The van der Waals surface area contributed by atoms with Crippen molar-refractivity contribution in [3.63, 3.8) is 0 Å². The lowest BCUT2D eigenvalue weighted by atomic mass is 10.2. The van der Waals surface area contributed by atoms with Crippen LogP contribution < -0.4 is 5.32 Å². The summed E-state index contributed by atoms with van der Waals surface area (Å²) in [4.78, 5) is 11.4. The third-order valence-corrected chi connectivity index (χ3v) is 1.74. The maximum atomic E-state index is 11.4. The summed E-state index contributed by atoms with van der Waals surface area (Å²) in [5, 5.41) is 2.74. The van der Waals surface area contributed by atoms with Crippen LogP contribution in [0.3, 0.4) is 0 Å². The van der Waals surface area contributed by atoms with Crippen molar-refractivity contribution in [1.29, 1.82) is 0 Å². The first-order chi connectivity index (χ1) is 6.02. The molecular weight excluding hydrogens is 162 g/mol. The normalized spacial score (nSPS) is 10.8. The Balaban J connectivity index is 4.36. The molecule has 72 valence electrons. The van der Waals surface area contributed by atoms with Crippen molar-refractivity contribution >= 4 is 5.91 Å². The fraction of sp³-hybridized carbons (Fsp3) is 0.364. The van der Waals surface area contributed by atoms with E-state index in [0.29, 0.717) is 12.0 Å². The number of carbonyl (C=O) groups excluding carboxylic acids is 1. The second kappa shape index (κ2) is 5.36. The quantitative estimate of drug-likeness (QED) is 0.521. The van der Waals surface area contributed by atoms with Gasteiger partial charge in [0.15, 0.2) is 0 Å². The first-order valence-corrected chi connectivity index (χ1v) is 4.34. The van der Waals surface area contributed by atoms with Gasteiger partial charge in [-0.15, -0.1) is 0 Å². The van der Waals surface area contributed by atoms with Gasteiger partial charge in [-0.2, -0.15) is 0 Å². The molecule has 0 unspecified atom stereocenters. The molecule has 0 bridgehead atoms. The number of rotatable bonds is 4. The fourth-order valence-electron chi connectivity index (χ4n) is 0.797. The van der Waals surface area contributed by atoms with E-state index >= 15 is 0 Å². The topological polar surface area (TPSA) is 29.1 Å². The Hall–Kier alpha value is -1.31. The summed E-state index contributed by atoms with van der Waals surface area (Å²) in [6, 6.07) is 0. The second-order valence-corrected chi connectivity index (χ2v) is 2.89. The predicted octanol–water partition coefficient (Wildman–Crippen LogP) is 2.55. The van der Waals surface area contributed by atoms with Crippen LogP contribution in [0, 0.1) is 0 Å². The average molecular weight is 179 g/mol. The molecule has 0 fully saturated rings. The van der Waals surface area contributed by atoms with Gasteiger partial charge in [0.1, 0.15) is 0 Å². The molecule has 0 saturated carbocycles. The molecule has 1 N–H and O–H groups in total. The number of amides is 1. The molecule has 0 radical (unpaired) electrons. The SMILES string of the molecule is C=C(CC)C(=O)N/C(=C\C)C(=C)C. The minimum atomic E-state index is -0.126. The standard InChI is InChI=1S/C11H17NO/c1-6-9(5)11(13)12-10(7-2)8(3)4/h7H,3,5-6H2,1-2,4H3,(H,12,13)/b10-7-. The third-order valence-electron chi connectivity index (χ3n) is 1.74. The zero-order valence-electron chi connectivity index (χ0n) is 8.61. The molecule has 0 aromatic carbocycles. The molecule has 13 heavy (non-hydrogen) atoms. The Labute approximate surface area is 80.0 Å². The Bertz CT molecular complexity index is 261. The van der Waals surface area contributed by atoms with E-state index in [1.165, 1.54) is 0 Å². The van der Waals surface area contributed by atoms with Crippen LogP contribution in [0.25, 0.3) is 0 Å². The third kappa shape index (κ3) is 3.74. The molecule has 0 aliphatic rings. The molecule has 2 heteroatoms. The van der Waals surface area contributed by atoms with Gasteiger partial charge in [-0.25, -0.2) is 0 Å². The number of allylic oxidation sites excluding steroid dienone is 2. The van der Waals surface area contributed by atoms with Crippen LogP contribution in [-0.4, -0.2) is 5.91 Å². The van der Waals surface area contributed by atoms with Crippen LogP contribution in [0.2, 0.25) is 0 Å². The average Bonchev–Trinajstić information content (AvgIpc) is 2.11. The summed E-state index contributed by atoms with van der Waals surface area (Å²) >= 11 is 0. The number of hydrogen-bond acceptors (Lipinski definition) is 1. The zero-order valence-corrected chi connectivity index (χ0v) is 8.61. The van der Waals surface area contributed by atoms with Crippen molar-refractivity contribution in [2.45, 2.75) is 27.2 Å². The molecule has 0 aromatic rings. The largest absolute Gasteiger partial charge is 0.322 e. The molecule has 0 heterocycles. The van der Waals surface area contributed by atoms with Crippen LogP contribution in [0.1, 0.15) is 27.2 Å². The van der Waals surface area contributed by atoms with E-state index in [4.69, 9.17) is 0 Å². The molecule has 2 nitrogen and oxygen atoms in total. The maximum Gasteiger partial charge on any atom is 0.250 e. The van der Waals surface area contributed by atoms with Gasteiger partial charge in [0.25, 0.3) is 5.91 Å². The second-order valence-electron chi connectivity index (χ2n) is 2.89. The number of hydrogen-bond donors (Lipinski definition) is 1. The Morgan fingerprint density at radius 3 is 2.31 bits per heavy atom. The van der Waals surface area contributed by atoms with E-state index in [9.17, 15) is 4.79 Å². The molecule has 0 aliphatic carbocycles. The van der Waals surface area contributed by atoms with E-state index < -0.39 is 0 Å². The molecule has 1 amide bonds. The van der Waals surface area contributed by atoms with Gasteiger partial charge in [0, 0.05) is 11.3 Å². The predicted molar refractivity (Wildman–Crippen MR) is 56.1 cm³/mol. The van der Waals surface area contributed by atoms with Crippen molar-refractivity contribution < 1.29 is 4.79 Å². The van der Waals surface area contributed by atoms with Crippen LogP contribution in [0.5, 0.6) is 0 Å². The lowest BCUT2D eigenvalue weighted by molar-refractivity contribution is -0.116. The highest BCUT2D eigenvalue weighted by Crippen LogP contribution is 2.04. The van der Waals surface area contributed by atoms with Gasteiger partial charge in [-0.3, -0.25) is 4.79 Å². The van der Waals surface area contributed by atoms with E-state index in [2.05, 4.69) is 18.5 Å². The van der Waals surface area contributed by atoms with Crippen molar-refractivity contribution in [2.75, 3.05) is 0 Å². The zero-order chi connectivity index (χ0) is 10.4. The smallest absolute Gasteiger partial charge is 0.250 e. The van der Waals surface area contributed by atoms with Gasteiger partial charge in [0.05, 0.1) is 0 Å². The van der Waals surface area contributed by atoms with E-state index in [1.54, 1.807) is 0 Å². The van der Waals surface area contributed by atoms with Gasteiger partial charge >= 0.3 is 0 Å². The van der Waals surface area contributed by atoms with Crippen molar-refractivity contribution in [3.8, 4) is 0 Å². The monoisotopic (exact) mass is 179 g/mol. The molecule has 0 aliphatic heterocycles. The van der Waals surface area contributed by atoms with Crippen molar-refractivity contribution in [2.24, 2.45) is 0 Å². The summed E-state index contributed by atoms with van der Waals surface area (Å²) in [5.41, 5.74) is 2.19. The van der Waals surface area contributed by atoms with Gasteiger partial charge in [-0.05, 0) is 25.8 Å². The van der Waals surface area contributed by atoms with E-state index in [1.807, 2.05) is 26.8 Å². The van der Waals surface area contributed by atoms with Crippen molar-refractivity contribution in [1.82, 2.24) is 5.32 Å². The highest BCUT2D eigenvalue weighted by atomic mass is 16.1. The Morgan fingerprint density at radius 2 is 2.00 bits per heavy atom. The number of nitrogens with one attached hydrogen (secondary N) is 1. The van der Waals surface area contributed by atoms with Gasteiger partial charge < -0.3 is 5.32 Å². The first kappa shape index (κ1) is 11.7. The van der Waals surface area contributed by atoms with Crippen LogP contribution in [0.4, 0.5) is 0 Å². The highest BCUT2D eigenvalue weighted by Gasteiger charge is 2.06. The van der Waals surface area contributed by atoms with Crippen molar-refractivity contribution in [3.05, 3.63) is 36.1 Å². The van der Waals surface area contributed by atoms with Crippen LogP contribution >= 0.6 is 0 Å².